The van der Waals surface area contributed by atoms with Crippen molar-refractivity contribution in [2.75, 3.05) is 26.3 Å². The standard InChI is InChI=1S/C17H19NO3/c1-13(17(19)18-8-10-20-11-9-18)21-16-7-6-14-4-2-3-5-15(14)12-16/h2-7,12-13H,8-11H2,1H3/t13-/m1/s1. The molecule has 4 nitrogen and oxygen atoms in total. The molecular weight excluding hydrogens is 266 g/mol. The normalized spacial score (nSPS) is 16.7. The Morgan fingerprint density at radius 2 is 1.86 bits per heavy atom. The largest absolute Gasteiger partial charge is 0.481 e. The van der Waals surface area contributed by atoms with Crippen LogP contribution in [0.5, 0.6) is 5.75 Å². The zero-order valence-electron chi connectivity index (χ0n) is 12.1. The fourth-order valence-corrected chi connectivity index (χ4v) is 2.54. The number of hydrogen-bond donors (Lipinski definition) is 0. The molecular formula is C17H19NO3. The molecule has 1 atom stereocenters. The first kappa shape index (κ1) is 13.9. The molecule has 0 spiro atoms. The van der Waals surface area contributed by atoms with E-state index < -0.39 is 6.10 Å². The molecule has 2 aromatic carbocycles. The third kappa shape index (κ3) is 3.16. The van der Waals surface area contributed by atoms with Gasteiger partial charge in [0.05, 0.1) is 13.2 Å². The quantitative estimate of drug-likeness (QED) is 0.869. The van der Waals surface area contributed by atoms with Gasteiger partial charge in [0.2, 0.25) is 0 Å². The smallest absolute Gasteiger partial charge is 0.263 e. The minimum Gasteiger partial charge on any atom is -0.481 e. The second-order valence-corrected chi connectivity index (χ2v) is 5.21. The summed E-state index contributed by atoms with van der Waals surface area (Å²) < 4.78 is 11.1. The van der Waals surface area contributed by atoms with E-state index in [1.165, 1.54) is 0 Å². The average molecular weight is 285 g/mol. The van der Waals surface area contributed by atoms with Crippen molar-refractivity contribution in [2.45, 2.75) is 13.0 Å². The lowest BCUT2D eigenvalue weighted by atomic mass is 10.1. The summed E-state index contributed by atoms with van der Waals surface area (Å²) in [6.07, 6.45) is -0.482. The number of hydrogen-bond acceptors (Lipinski definition) is 3. The third-order valence-corrected chi connectivity index (χ3v) is 3.70. The van der Waals surface area contributed by atoms with Crippen LogP contribution in [0.1, 0.15) is 6.92 Å². The van der Waals surface area contributed by atoms with E-state index in [0.717, 1.165) is 16.5 Å². The first-order valence-corrected chi connectivity index (χ1v) is 7.26. The van der Waals surface area contributed by atoms with Gasteiger partial charge < -0.3 is 14.4 Å². The van der Waals surface area contributed by atoms with E-state index in [9.17, 15) is 4.79 Å². The van der Waals surface area contributed by atoms with Crippen molar-refractivity contribution in [3.63, 3.8) is 0 Å². The molecule has 3 rings (SSSR count). The van der Waals surface area contributed by atoms with Crippen LogP contribution in [0.2, 0.25) is 0 Å². The molecule has 0 aromatic heterocycles. The van der Waals surface area contributed by atoms with Crippen LogP contribution < -0.4 is 4.74 Å². The number of benzene rings is 2. The van der Waals surface area contributed by atoms with Gasteiger partial charge >= 0.3 is 0 Å². The molecule has 1 amide bonds. The summed E-state index contributed by atoms with van der Waals surface area (Å²) in [7, 11) is 0. The molecule has 1 saturated heterocycles. The van der Waals surface area contributed by atoms with Crippen LogP contribution in [-0.4, -0.2) is 43.2 Å². The predicted molar refractivity (Wildman–Crippen MR) is 81.4 cm³/mol. The Bertz CT molecular complexity index is 635. The van der Waals surface area contributed by atoms with E-state index in [4.69, 9.17) is 9.47 Å². The minimum atomic E-state index is -0.482. The highest BCUT2D eigenvalue weighted by Gasteiger charge is 2.23. The van der Waals surface area contributed by atoms with Crippen LogP contribution in [0, 0.1) is 0 Å². The zero-order valence-corrected chi connectivity index (χ0v) is 12.1. The monoisotopic (exact) mass is 285 g/mol. The summed E-state index contributed by atoms with van der Waals surface area (Å²) in [6, 6.07) is 14.0. The van der Waals surface area contributed by atoms with Gasteiger partial charge in [-0.3, -0.25) is 4.79 Å². The van der Waals surface area contributed by atoms with Gasteiger partial charge in [0.25, 0.3) is 5.91 Å². The van der Waals surface area contributed by atoms with E-state index in [0.29, 0.717) is 26.3 Å². The third-order valence-electron chi connectivity index (χ3n) is 3.70. The Morgan fingerprint density at radius 3 is 2.62 bits per heavy atom. The summed E-state index contributed by atoms with van der Waals surface area (Å²) in [5, 5.41) is 2.28. The predicted octanol–water partition coefficient (Wildman–Crippen LogP) is 2.47. The second-order valence-electron chi connectivity index (χ2n) is 5.21. The molecule has 0 saturated carbocycles. The molecule has 21 heavy (non-hydrogen) atoms. The topological polar surface area (TPSA) is 38.8 Å². The highest BCUT2D eigenvalue weighted by atomic mass is 16.5. The van der Waals surface area contributed by atoms with Gasteiger partial charge in [0.1, 0.15) is 5.75 Å². The van der Waals surface area contributed by atoms with E-state index in [1.54, 1.807) is 11.8 Å². The lowest BCUT2D eigenvalue weighted by Gasteiger charge is -2.29. The number of ether oxygens (including phenoxy) is 2. The Kier molecular flexibility index (Phi) is 4.06. The summed E-state index contributed by atoms with van der Waals surface area (Å²) in [5.74, 6) is 0.745. The molecule has 0 radical (unpaired) electrons. The van der Waals surface area contributed by atoms with Crippen LogP contribution in [0.4, 0.5) is 0 Å². The van der Waals surface area contributed by atoms with E-state index >= 15 is 0 Å². The first-order valence-electron chi connectivity index (χ1n) is 7.26. The summed E-state index contributed by atoms with van der Waals surface area (Å²) in [5.41, 5.74) is 0. The van der Waals surface area contributed by atoms with Gasteiger partial charge in [0, 0.05) is 13.1 Å². The molecule has 0 N–H and O–H groups in total. The average Bonchev–Trinajstić information content (AvgIpc) is 2.55. The van der Waals surface area contributed by atoms with Gasteiger partial charge in [-0.1, -0.05) is 30.3 Å². The van der Waals surface area contributed by atoms with Crippen LogP contribution in [0.3, 0.4) is 0 Å². The minimum absolute atomic E-state index is 0.0199. The number of fused-ring (bicyclic) bond motifs is 1. The molecule has 0 aliphatic carbocycles. The van der Waals surface area contributed by atoms with Crippen molar-refractivity contribution in [1.82, 2.24) is 4.90 Å². The molecule has 1 fully saturated rings. The number of carbonyl (C=O) groups is 1. The lowest BCUT2D eigenvalue weighted by Crippen LogP contribution is -2.46. The molecule has 0 unspecified atom stereocenters. The maximum absolute atomic E-state index is 12.3. The maximum atomic E-state index is 12.3. The van der Waals surface area contributed by atoms with Gasteiger partial charge in [0.15, 0.2) is 6.10 Å². The maximum Gasteiger partial charge on any atom is 0.263 e. The Hall–Kier alpha value is -2.07. The first-order chi connectivity index (χ1) is 10.2. The van der Waals surface area contributed by atoms with Crippen molar-refractivity contribution < 1.29 is 14.3 Å². The number of amides is 1. The van der Waals surface area contributed by atoms with Crippen LogP contribution in [-0.2, 0) is 9.53 Å². The fraction of sp³-hybridized carbons (Fsp3) is 0.353. The van der Waals surface area contributed by atoms with Crippen LogP contribution in [0.15, 0.2) is 42.5 Å². The Balaban J connectivity index is 1.70. The molecule has 2 aromatic rings. The van der Waals surface area contributed by atoms with Crippen molar-refractivity contribution in [3.05, 3.63) is 42.5 Å². The van der Waals surface area contributed by atoms with Crippen molar-refractivity contribution >= 4 is 16.7 Å². The number of rotatable bonds is 3. The molecule has 1 heterocycles. The van der Waals surface area contributed by atoms with Crippen molar-refractivity contribution in [3.8, 4) is 5.75 Å². The highest BCUT2D eigenvalue weighted by Crippen LogP contribution is 2.21. The summed E-state index contributed by atoms with van der Waals surface area (Å²) in [4.78, 5) is 14.1. The van der Waals surface area contributed by atoms with Crippen LogP contribution >= 0.6 is 0 Å². The van der Waals surface area contributed by atoms with Gasteiger partial charge in [-0.15, -0.1) is 0 Å². The molecule has 0 bridgehead atoms. The molecule has 4 heteroatoms. The SMILES string of the molecule is C[C@@H](Oc1ccc2ccccc2c1)C(=O)N1CCOCC1. The van der Waals surface area contributed by atoms with Crippen molar-refractivity contribution in [2.24, 2.45) is 0 Å². The zero-order chi connectivity index (χ0) is 14.7. The molecule has 110 valence electrons. The Morgan fingerprint density at radius 1 is 1.14 bits per heavy atom. The van der Waals surface area contributed by atoms with Crippen LogP contribution in [0.25, 0.3) is 10.8 Å². The Labute approximate surface area is 124 Å². The lowest BCUT2D eigenvalue weighted by molar-refractivity contribution is -0.142. The summed E-state index contributed by atoms with van der Waals surface area (Å²) >= 11 is 0. The second kappa shape index (κ2) is 6.14. The van der Waals surface area contributed by atoms with E-state index in [1.807, 2.05) is 36.4 Å². The number of carbonyl (C=O) groups excluding carboxylic acids is 1. The molecule has 1 aliphatic heterocycles. The van der Waals surface area contributed by atoms with Gasteiger partial charge in [-0.2, -0.15) is 0 Å². The fourth-order valence-electron chi connectivity index (χ4n) is 2.54. The van der Waals surface area contributed by atoms with E-state index in [-0.39, 0.29) is 5.91 Å². The number of nitrogens with zero attached hydrogens (tertiary/aromatic N) is 1. The molecule has 1 aliphatic rings. The number of morpholine rings is 1. The highest BCUT2D eigenvalue weighted by molar-refractivity contribution is 5.84. The van der Waals surface area contributed by atoms with E-state index in [2.05, 4.69) is 6.07 Å². The van der Waals surface area contributed by atoms with Gasteiger partial charge in [-0.25, -0.2) is 0 Å². The van der Waals surface area contributed by atoms with Gasteiger partial charge in [-0.05, 0) is 29.8 Å². The summed E-state index contributed by atoms with van der Waals surface area (Å²) in [6.45, 7) is 4.30. The van der Waals surface area contributed by atoms with Crippen molar-refractivity contribution in [1.29, 1.82) is 0 Å².